The van der Waals surface area contributed by atoms with Gasteiger partial charge in [0.15, 0.2) is 0 Å². The highest BCUT2D eigenvalue weighted by Gasteiger charge is 2.57. The van der Waals surface area contributed by atoms with Gasteiger partial charge in [0.2, 0.25) is 0 Å². The second kappa shape index (κ2) is 16.7. The Kier molecular flexibility index (Phi) is 12.8. The molecule has 0 spiro atoms. The standard InChI is InChI=1S/C40H57F5N2O5S/c1-26(27(2)53(50)23-4-15-39(41,42)40(43,44)45)6-7-28-24-29-25-31(8-9-32(29)33-12-16-38(3)34(36(28)33)10-11-35(38)48)52-37(49)47-18-13-30(14-19-47)46-17-5-21-51-22-20-46/h8-9,25,28,30,33-36,48H,4-7,10-24H2,1-3H3/b27-26-/t28-,33-,34+,35+,36-,38+,53?/m1/s1. The van der Waals surface area contributed by atoms with Crippen LogP contribution in [0.1, 0.15) is 108 Å². The van der Waals surface area contributed by atoms with E-state index in [4.69, 9.17) is 9.47 Å². The second-order valence-electron chi connectivity index (χ2n) is 16.6. The minimum Gasteiger partial charge on any atom is -0.612 e. The molecule has 1 aromatic carbocycles. The van der Waals surface area contributed by atoms with Crippen molar-refractivity contribution in [2.75, 3.05) is 45.1 Å². The first-order valence-electron chi connectivity index (χ1n) is 19.7. The van der Waals surface area contributed by atoms with E-state index in [-0.39, 0.29) is 29.3 Å². The number of aliphatic hydroxyl groups excluding tert-OH is 1. The van der Waals surface area contributed by atoms with Gasteiger partial charge >= 0.3 is 18.2 Å². The van der Waals surface area contributed by atoms with E-state index in [1.54, 1.807) is 11.8 Å². The fourth-order valence-corrected chi connectivity index (χ4v) is 11.5. The van der Waals surface area contributed by atoms with Gasteiger partial charge in [-0.3, -0.25) is 4.90 Å². The maximum Gasteiger partial charge on any atom is 0.453 e. The Morgan fingerprint density at radius 1 is 1.06 bits per heavy atom. The largest absolute Gasteiger partial charge is 0.612 e. The van der Waals surface area contributed by atoms with E-state index in [2.05, 4.69) is 17.9 Å². The number of amides is 1. The molecule has 0 aromatic heterocycles. The Balaban J connectivity index is 1.12. The van der Waals surface area contributed by atoms with Crippen LogP contribution in [-0.2, 0) is 22.3 Å². The molecular weight excluding hydrogens is 716 g/mol. The monoisotopic (exact) mass is 772 g/mol. The summed E-state index contributed by atoms with van der Waals surface area (Å²) in [7, 11) is 0. The molecular formula is C40H57F5N2O5S. The molecule has 1 aromatic rings. The molecule has 2 saturated heterocycles. The van der Waals surface area contributed by atoms with Crippen molar-refractivity contribution in [3.8, 4) is 5.75 Å². The second-order valence-corrected chi connectivity index (χ2v) is 18.3. The van der Waals surface area contributed by atoms with Crippen molar-refractivity contribution in [3.05, 3.63) is 39.8 Å². The van der Waals surface area contributed by atoms with Crippen LogP contribution in [0.5, 0.6) is 5.75 Å². The minimum atomic E-state index is -5.61. The molecule has 0 bridgehead atoms. The lowest BCUT2D eigenvalue weighted by atomic mass is 9.52. The first-order chi connectivity index (χ1) is 25.1. The lowest BCUT2D eigenvalue weighted by molar-refractivity contribution is -0.284. The average Bonchev–Trinajstić information content (AvgIpc) is 3.26. The van der Waals surface area contributed by atoms with E-state index in [9.17, 15) is 36.4 Å². The SMILES string of the molecule is C/C(CC[C@@H]1Cc2cc(OC(=O)N3CCC(N4CCCOCC4)CC3)ccc2[C@H]2CC[C@]3(C)[C@@H](O)CC[C@H]3[C@H]12)=C(\C)[S+]([O-])CCCC(F)(F)C(F)(F)F. The Labute approximate surface area is 314 Å². The summed E-state index contributed by atoms with van der Waals surface area (Å²) in [5, 5.41) is 11.1. The number of halogens is 5. The number of nitrogens with zero attached hydrogens (tertiary/aromatic N) is 2. The smallest absolute Gasteiger partial charge is 0.453 e. The number of allylic oxidation sites excluding steroid dienone is 2. The van der Waals surface area contributed by atoms with Crippen LogP contribution < -0.4 is 4.74 Å². The van der Waals surface area contributed by atoms with Gasteiger partial charge in [-0.25, -0.2) is 4.79 Å². The number of benzene rings is 1. The Hall–Kier alpha value is -1.93. The Bertz CT molecular complexity index is 1460. The fraction of sp³-hybridized carbons (Fsp3) is 0.775. The van der Waals surface area contributed by atoms with Crippen molar-refractivity contribution < 1.29 is 45.9 Å². The van der Waals surface area contributed by atoms with Crippen LogP contribution in [-0.4, -0.2) is 94.9 Å². The highest BCUT2D eigenvalue weighted by Crippen LogP contribution is 2.63. The molecule has 13 heteroatoms. The number of likely N-dealkylation sites (tertiary alicyclic amines) is 1. The number of piperidine rings is 1. The summed E-state index contributed by atoms with van der Waals surface area (Å²) < 4.78 is 89.3. The molecule has 53 heavy (non-hydrogen) atoms. The van der Waals surface area contributed by atoms with Crippen molar-refractivity contribution in [2.24, 2.45) is 23.2 Å². The van der Waals surface area contributed by atoms with Crippen LogP contribution in [0.4, 0.5) is 26.7 Å². The Morgan fingerprint density at radius 3 is 2.55 bits per heavy atom. The maximum absolute atomic E-state index is 13.4. The molecule has 7 nitrogen and oxygen atoms in total. The topological polar surface area (TPSA) is 85.3 Å². The van der Waals surface area contributed by atoms with E-state index < -0.39 is 36.1 Å². The zero-order chi connectivity index (χ0) is 38.1. The van der Waals surface area contributed by atoms with Crippen LogP contribution in [0.3, 0.4) is 0 Å². The van der Waals surface area contributed by atoms with Gasteiger partial charge in [-0.2, -0.15) is 22.0 Å². The fourth-order valence-electron chi connectivity index (χ4n) is 10.3. The average molecular weight is 773 g/mol. The summed E-state index contributed by atoms with van der Waals surface area (Å²) in [6, 6.07) is 6.53. The highest BCUT2D eigenvalue weighted by molar-refractivity contribution is 7.95. The van der Waals surface area contributed by atoms with Gasteiger partial charge < -0.3 is 24.0 Å². The van der Waals surface area contributed by atoms with Crippen molar-refractivity contribution in [1.29, 1.82) is 0 Å². The molecule has 4 fully saturated rings. The maximum atomic E-state index is 13.4. The molecule has 0 radical (unpaired) electrons. The molecule has 6 rings (SSSR count). The van der Waals surface area contributed by atoms with E-state index >= 15 is 0 Å². The van der Waals surface area contributed by atoms with E-state index in [0.29, 0.717) is 54.0 Å². The summed E-state index contributed by atoms with van der Waals surface area (Å²) in [6.07, 6.45) is 0.537. The molecule has 1 unspecified atom stereocenters. The molecule has 3 aliphatic carbocycles. The molecule has 1 N–H and O–H groups in total. The van der Waals surface area contributed by atoms with Crippen LogP contribution in [0.15, 0.2) is 28.7 Å². The molecule has 1 amide bonds. The van der Waals surface area contributed by atoms with Gasteiger partial charge in [0.25, 0.3) is 0 Å². The Morgan fingerprint density at radius 2 is 1.81 bits per heavy atom. The molecule has 2 aliphatic heterocycles. The van der Waals surface area contributed by atoms with Gasteiger partial charge in [0.1, 0.15) is 16.4 Å². The third-order valence-corrected chi connectivity index (χ3v) is 15.3. The third kappa shape index (κ3) is 8.89. The molecule has 2 heterocycles. The normalized spacial score (nSPS) is 31.2. The van der Waals surface area contributed by atoms with E-state index in [1.807, 2.05) is 19.1 Å². The third-order valence-electron chi connectivity index (χ3n) is 13.6. The van der Waals surface area contributed by atoms with Crippen molar-refractivity contribution in [3.63, 3.8) is 0 Å². The summed E-state index contributed by atoms with van der Waals surface area (Å²) in [4.78, 5) is 18.2. The van der Waals surface area contributed by atoms with Crippen LogP contribution in [0, 0.1) is 23.2 Å². The van der Waals surface area contributed by atoms with Crippen LogP contribution >= 0.6 is 0 Å². The first-order valence-corrected chi connectivity index (χ1v) is 21.0. The van der Waals surface area contributed by atoms with E-state index in [0.717, 1.165) is 89.7 Å². The molecule has 298 valence electrons. The number of carbonyl (C=O) groups is 1. The van der Waals surface area contributed by atoms with Gasteiger partial charge in [0.05, 0.1) is 12.7 Å². The number of alkyl halides is 5. The number of fused-ring (bicyclic) bond motifs is 5. The van der Waals surface area contributed by atoms with Gasteiger partial charge in [-0.15, -0.1) is 0 Å². The predicted molar refractivity (Wildman–Crippen MR) is 194 cm³/mol. The number of carbonyl (C=O) groups excluding carboxylic acids is 1. The van der Waals surface area contributed by atoms with Gasteiger partial charge in [-0.1, -0.05) is 13.0 Å². The van der Waals surface area contributed by atoms with Crippen molar-refractivity contribution in [2.45, 2.75) is 128 Å². The van der Waals surface area contributed by atoms with Gasteiger partial charge in [0, 0.05) is 52.2 Å². The number of ether oxygens (including phenoxy) is 2. The minimum absolute atomic E-state index is 0.151. The highest BCUT2D eigenvalue weighted by atomic mass is 32.2. The summed E-state index contributed by atoms with van der Waals surface area (Å²) in [6.45, 7) is 10.6. The van der Waals surface area contributed by atoms with Gasteiger partial charge in [-0.05, 0) is 147 Å². The quantitative estimate of drug-likeness (QED) is 0.190. The van der Waals surface area contributed by atoms with Crippen molar-refractivity contribution >= 4 is 17.3 Å². The molecule has 5 aliphatic rings. The molecule has 7 atom stereocenters. The van der Waals surface area contributed by atoms with Crippen LogP contribution in [0.2, 0.25) is 0 Å². The number of hydrogen-bond donors (Lipinski definition) is 1. The molecule has 2 saturated carbocycles. The lowest BCUT2D eigenvalue weighted by Crippen LogP contribution is -2.48. The van der Waals surface area contributed by atoms with Crippen molar-refractivity contribution in [1.82, 2.24) is 9.80 Å². The zero-order valence-corrected chi connectivity index (χ0v) is 32.2. The van der Waals surface area contributed by atoms with Crippen LogP contribution in [0.25, 0.3) is 0 Å². The predicted octanol–water partition coefficient (Wildman–Crippen LogP) is 8.62. The number of aliphatic hydroxyl groups is 1. The number of rotatable bonds is 10. The summed E-state index contributed by atoms with van der Waals surface area (Å²) >= 11 is -1.65. The van der Waals surface area contributed by atoms with E-state index in [1.165, 1.54) is 11.1 Å². The first kappa shape index (κ1) is 40.7. The summed E-state index contributed by atoms with van der Waals surface area (Å²) in [5.41, 5.74) is 3.17. The lowest BCUT2D eigenvalue weighted by Gasteiger charge is -2.53. The number of hydrogen-bond acceptors (Lipinski definition) is 6. The zero-order valence-electron chi connectivity index (χ0n) is 31.4. The summed E-state index contributed by atoms with van der Waals surface area (Å²) in [5.74, 6) is -3.26.